The van der Waals surface area contributed by atoms with E-state index in [1.807, 2.05) is 12.1 Å². The van der Waals surface area contributed by atoms with Crippen molar-refractivity contribution in [3.8, 4) is 0 Å². The lowest BCUT2D eigenvalue weighted by atomic mass is 9.85. The van der Waals surface area contributed by atoms with Crippen molar-refractivity contribution in [3.05, 3.63) is 24.3 Å². The molecule has 0 bridgehead atoms. The summed E-state index contributed by atoms with van der Waals surface area (Å²) in [5.74, 6) is 1.19. The Balaban J connectivity index is 0.00000182. The van der Waals surface area contributed by atoms with Crippen LogP contribution in [0.5, 0.6) is 0 Å². The minimum Gasteiger partial charge on any atom is -0.370 e. The van der Waals surface area contributed by atoms with Crippen molar-refractivity contribution >= 4 is 42.1 Å². The molecule has 1 saturated carbocycles. The zero-order valence-corrected chi connectivity index (χ0v) is 18.2. The molecule has 1 saturated heterocycles. The fourth-order valence-corrected chi connectivity index (χ4v) is 4.40. The normalized spacial score (nSPS) is 20.9. The molecule has 1 amide bonds. The van der Waals surface area contributed by atoms with Crippen LogP contribution in [0, 0.1) is 11.8 Å². The van der Waals surface area contributed by atoms with Gasteiger partial charge in [0.1, 0.15) is 0 Å². The highest BCUT2D eigenvalue weighted by Gasteiger charge is 2.24. The summed E-state index contributed by atoms with van der Waals surface area (Å²) in [6.07, 6.45) is 8.21. The monoisotopic (exact) mass is 415 g/mol. The molecule has 1 aliphatic carbocycles. The minimum atomic E-state index is 0. The maximum absolute atomic E-state index is 12.6. The quantitative estimate of drug-likeness (QED) is 0.695. The van der Waals surface area contributed by atoms with Crippen molar-refractivity contribution in [1.82, 2.24) is 5.32 Å². The van der Waals surface area contributed by atoms with Gasteiger partial charge in [-0.15, -0.1) is 24.8 Å². The fourth-order valence-electron chi connectivity index (χ4n) is 4.40. The molecular formula is C21H35Cl2N3O. The average molecular weight is 416 g/mol. The van der Waals surface area contributed by atoms with Crippen LogP contribution in [0.25, 0.3) is 0 Å². The number of para-hydroxylation sites is 2. The largest absolute Gasteiger partial charge is 0.370 e. The van der Waals surface area contributed by atoms with Crippen LogP contribution in [-0.4, -0.2) is 32.1 Å². The Hall–Kier alpha value is -0.970. The molecule has 2 N–H and O–H groups in total. The summed E-state index contributed by atoms with van der Waals surface area (Å²) in [6, 6.07) is 8.84. The number of nitrogens with zero attached hydrogens (tertiary/aromatic N) is 1. The van der Waals surface area contributed by atoms with E-state index in [1.54, 1.807) is 0 Å². The first-order valence-electron chi connectivity index (χ1n) is 9.97. The van der Waals surface area contributed by atoms with Gasteiger partial charge in [-0.2, -0.15) is 0 Å². The number of piperidine rings is 1. The number of halogens is 2. The van der Waals surface area contributed by atoms with Gasteiger partial charge in [0.2, 0.25) is 5.91 Å². The number of rotatable bonds is 6. The Morgan fingerprint density at radius 2 is 1.89 bits per heavy atom. The lowest BCUT2D eigenvalue weighted by molar-refractivity contribution is -0.117. The van der Waals surface area contributed by atoms with Crippen LogP contribution in [0.3, 0.4) is 0 Å². The molecule has 1 heterocycles. The van der Waals surface area contributed by atoms with E-state index in [0.29, 0.717) is 24.3 Å². The molecule has 1 aromatic rings. The maximum Gasteiger partial charge on any atom is 0.224 e. The molecule has 2 aliphatic rings. The summed E-state index contributed by atoms with van der Waals surface area (Å²) in [4.78, 5) is 15.0. The molecule has 0 spiro atoms. The van der Waals surface area contributed by atoms with Crippen LogP contribution in [-0.2, 0) is 4.79 Å². The summed E-state index contributed by atoms with van der Waals surface area (Å²) in [7, 11) is 2.16. The summed E-state index contributed by atoms with van der Waals surface area (Å²) in [5.41, 5.74) is 2.10. The third-order valence-corrected chi connectivity index (χ3v) is 6.08. The number of amides is 1. The molecule has 3 rings (SSSR count). The summed E-state index contributed by atoms with van der Waals surface area (Å²) < 4.78 is 0. The van der Waals surface area contributed by atoms with Crippen molar-refractivity contribution in [1.29, 1.82) is 0 Å². The van der Waals surface area contributed by atoms with Crippen LogP contribution in [0.15, 0.2) is 24.3 Å². The third-order valence-electron chi connectivity index (χ3n) is 6.08. The number of benzene rings is 1. The number of nitrogens with one attached hydrogen (secondary N) is 2. The Morgan fingerprint density at radius 3 is 2.56 bits per heavy atom. The second-order valence-corrected chi connectivity index (χ2v) is 7.90. The van der Waals surface area contributed by atoms with Gasteiger partial charge in [-0.25, -0.2) is 0 Å². The highest BCUT2D eigenvalue weighted by atomic mass is 35.5. The molecule has 154 valence electrons. The number of hydrogen-bond donors (Lipinski definition) is 2. The highest BCUT2D eigenvalue weighted by Crippen LogP contribution is 2.32. The molecular weight excluding hydrogens is 381 g/mol. The van der Waals surface area contributed by atoms with Crippen molar-refractivity contribution in [3.63, 3.8) is 0 Å². The smallest absolute Gasteiger partial charge is 0.224 e. The van der Waals surface area contributed by atoms with Crippen LogP contribution in [0.2, 0.25) is 0 Å². The number of carbonyl (C=O) groups excluding carboxylic acids is 1. The van der Waals surface area contributed by atoms with Gasteiger partial charge in [-0.05, 0) is 62.7 Å². The van der Waals surface area contributed by atoms with E-state index in [1.165, 1.54) is 38.5 Å². The van der Waals surface area contributed by atoms with Crippen LogP contribution < -0.4 is 15.5 Å². The fraction of sp³-hybridized carbons (Fsp3) is 0.667. The van der Waals surface area contributed by atoms with Gasteiger partial charge in [0.15, 0.2) is 0 Å². The zero-order chi connectivity index (χ0) is 17.6. The summed E-state index contributed by atoms with van der Waals surface area (Å²) >= 11 is 0. The van der Waals surface area contributed by atoms with E-state index < -0.39 is 0 Å². The third kappa shape index (κ3) is 6.55. The standard InChI is InChI=1S/C21H33N3O.2ClH/c1-16(17-8-7-13-22-15-17)14-21(25)23-19-11-5-6-12-20(19)24(2)18-9-3-4-10-18;;/h5-6,11-12,16-18,22H,3-4,7-10,13-15H2,1-2H3,(H,23,25);2*1H. The first kappa shape index (κ1) is 24.1. The Bertz CT molecular complexity index is 572. The van der Waals surface area contributed by atoms with Gasteiger partial charge in [0.25, 0.3) is 0 Å². The molecule has 2 atom stereocenters. The Morgan fingerprint density at radius 1 is 1.19 bits per heavy atom. The first-order valence-corrected chi connectivity index (χ1v) is 9.97. The van der Waals surface area contributed by atoms with Gasteiger partial charge >= 0.3 is 0 Å². The summed E-state index contributed by atoms with van der Waals surface area (Å²) in [5, 5.41) is 6.64. The predicted octanol–water partition coefficient (Wildman–Crippen LogP) is 4.87. The maximum atomic E-state index is 12.6. The number of hydrogen-bond acceptors (Lipinski definition) is 3. The molecule has 2 unspecified atom stereocenters. The lowest BCUT2D eigenvalue weighted by Crippen LogP contribution is -2.34. The molecule has 1 aromatic carbocycles. The lowest BCUT2D eigenvalue weighted by Gasteiger charge is -2.30. The van der Waals surface area contributed by atoms with Gasteiger partial charge < -0.3 is 15.5 Å². The average Bonchev–Trinajstić information content (AvgIpc) is 3.17. The van der Waals surface area contributed by atoms with E-state index >= 15 is 0 Å². The van der Waals surface area contributed by atoms with Crippen LogP contribution in [0.1, 0.15) is 51.9 Å². The van der Waals surface area contributed by atoms with Gasteiger partial charge in [0.05, 0.1) is 11.4 Å². The molecule has 27 heavy (non-hydrogen) atoms. The first-order chi connectivity index (χ1) is 12.1. The van der Waals surface area contributed by atoms with E-state index in [4.69, 9.17) is 0 Å². The molecule has 0 aromatic heterocycles. The van der Waals surface area contributed by atoms with Gasteiger partial charge in [-0.1, -0.05) is 31.9 Å². The SMILES string of the molecule is CC(CC(=O)Nc1ccccc1N(C)C1CCCC1)C1CCCNC1.Cl.Cl. The number of anilines is 2. The molecule has 6 heteroatoms. The van der Waals surface area contributed by atoms with E-state index in [2.05, 4.69) is 41.6 Å². The van der Waals surface area contributed by atoms with Crippen molar-refractivity contribution in [2.45, 2.75) is 57.9 Å². The second kappa shape index (κ2) is 11.8. The van der Waals surface area contributed by atoms with Crippen molar-refractivity contribution in [2.75, 3.05) is 30.4 Å². The molecule has 4 nitrogen and oxygen atoms in total. The topological polar surface area (TPSA) is 44.4 Å². The summed E-state index contributed by atoms with van der Waals surface area (Å²) in [6.45, 7) is 4.39. The van der Waals surface area contributed by atoms with Crippen LogP contribution >= 0.6 is 24.8 Å². The highest BCUT2D eigenvalue weighted by molar-refractivity contribution is 5.94. The Kier molecular flexibility index (Phi) is 10.5. The van der Waals surface area contributed by atoms with Crippen molar-refractivity contribution in [2.24, 2.45) is 11.8 Å². The minimum absolute atomic E-state index is 0. The van der Waals surface area contributed by atoms with Crippen LogP contribution in [0.4, 0.5) is 11.4 Å². The predicted molar refractivity (Wildman–Crippen MR) is 120 cm³/mol. The van der Waals surface area contributed by atoms with Gasteiger partial charge in [0, 0.05) is 19.5 Å². The van der Waals surface area contributed by atoms with E-state index in [-0.39, 0.29) is 30.7 Å². The van der Waals surface area contributed by atoms with Crippen molar-refractivity contribution < 1.29 is 4.79 Å². The Labute approximate surface area is 176 Å². The molecule has 1 aliphatic heterocycles. The van der Waals surface area contributed by atoms with E-state index in [9.17, 15) is 4.79 Å². The zero-order valence-electron chi connectivity index (χ0n) is 16.6. The second-order valence-electron chi connectivity index (χ2n) is 7.90. The molecule has 2 fully saturated rings. The van der Waals surface area contributed by atoms with Gasteiger partial charge in [-0.3, -0.25) is 4.79 Å². The molecule has 0 radical (unpaired) electrons. The number of carbonyl (C=O) groups is 1. The van der Waals surface area contributed by atoms with E-state index in [0.717, 1.165) is 24.5 Å².